The van der Waals surface area contributed by atoms with Gasteiger partial charge in [-0.3, -0.25) is 9.59 Å². The number of methoxy groups -OCH3 is 1. The number of ether oxygens (including phenoxy) is 3. The van der Waals surface area contributed by atoms with Gasteiger partial charge >= 0.3 is 5.97 Å². The first-order valence-electron chi connectivity index (χ1n) is 9.41. The van der Waals surface area contributed by atoms with Gasteiger partial charge in [0.2, 0.25) is 5.91 Å². The Morgan fingerprint density at radius 1 is 1.27 bits per heavy atom. The lowest BCUT2D eigenvalue weighted by atomic mass is 9.98. The average molecular weight is 361 g/mol. The quantitative estimate of drug-likeness (QED) is 0.551. The van der Waals surface area contributed by atoms with Crippen LogP contribution in [0.3, 0.4) is 0 Å². The predicted octanol–water partition coefficient (Wildman–Crippen LogP) is 3.10. The minimum absolute atomic E-state index is 0.0764. The first-order valence-corrected chi connectivity index (χ1v) is 9.41. The average Bonchev–Trinajstić information content (AvgIpc) is 3.18. The summed E-state index contributed by atoms with van der Waals surface area (Å²) in [6.45, 7) is 4.57. The van der Waals surface area contributed by atoms with E-state index < -0.39 is 12.0 Å². The Hall–Kier alpha value is -2.24. The maximum Gasteiger partial charge on any atom is 0.314 e. The third kappa shape index (κ3) is 3.37. The number of esters is 1. The molecule has 3 rings (SSSR count). The highest BCUT2D eigenvalue weighted by molar-refractivity contribution is 5.81. The highest BCUT2D eigenvalue weighted by Gasteiger charge is 2.54. The molecule has 1 saturated heterocycles. The summed E-state index contributed by atoms with van der Waals surface area (Å²) in [4.78, 5) is 27.0. The SMILES string of the molecule is CCCCCC(=O)N1C[C@@H](C(=O)OCC)[C@@H]2Oc3cc(OC)ccc3[C@@H]21. The Balaban J connectivity index is 1.86. The molecule has 1 aromatic rings. The third-order valence-corrected chi connectivity index (χ3v) is 5.14. The zero-order valence-electron chi connectivity index (χ0n) is 15.7. The van der Waals surface area contributed by atoms with Crippen LogP contribution in [0, 0.1) is 5.92 Å². The maximum absolute atomic E-state index is 12.8. The van der Waals surface area contributed by atoms with Crippen LogP contribution in [0.5, 0.6) is 11.5 Å². The molecule has 1 fully saturated rings. The summed E-state index contributed by atoms with van der Waals surface area (Å²) in [7, 11) is 1.60. The Bertz CT molecular complexity index is 674. The second kappa shape index (κ2) is 7.98. The number of carbonyl (C=O) groups excluding carboxylic acids is 2. The zero-order chi connectivity index (χ0) is 18.7. The topological polar surface area (TPSA) is 65.1 Å². The molecule has 0 aromatic heterocycles. The van der Waals surface area contributed by atoms with Crippen LogP contribution in [0.1, 0.15) is 51.1 Å². The molecule has 1 aromatic carbocycles. The Labute approximate surface area is 154 Å². The van der Waals surface area contributed by atoms with Crippen molar-refractivity contribution in [3.63, 3.8) is 0 Å². The van der Waals surface area contributed by atoms with Gasteiger partial charge in [-0.2, -0.15) is 0 Å². The Kier molecular flexibility index (Phi) is 5.69. The Morgan fingerprint density at radius 2 is 2.08 bits per heavy atom. The van der Waals surface area contributed by atoms with Gasteiger partial charge in [0.25, 0.3) is 0 Å². The predicted molar refractivity (Wildman–Crippen MR) is 96.1 cm³/mol. The number of fused-ring (bicyclic) bond motifs is 3. The van der Waals surface area contributed by atoms with E-state index in [9.17, 15) is 9.59 Å². The fourth-order valence-corrected chi connectivity index (χ4v) is 3.84. The van der Waals surface area contributed by atoms with Gasteiger partial charge in [0.15, 0.2) is 0 Å². The number of hydrogen-bond donors (Lipinski definition) is 0. The lowest BCUT2D eigenvalue weighted by Gasteiger charge is -2.23. The van der Waals surface area contributed by atoms with E-state index in [2.05, 4.69) is 6.92 Å². The third-order valence-electron chi connectivity index (χ3n) is 5.14. The molecule has 2 aliphatic heterocycles. The van der Waals surface area contributed by atoms with Gasteiger partial charge < -0.3 is 19.1 Å². The molecule has 0 unspecified atom stereocenters. The molecule has 2 heterocycles. The highest BCUT2D eigenvalue weighted by atomic mass is 16.5. The summed E-state index contributed by atoms with van der Waals surface area (Å²) >= 11 is 0. The van der Waals surface area contributed by atoms with Crippen molar-refractivity contribution in [2.75, 3.05) is 20.3 Å². The molecule has 0 spiro atoms. The van der Waals surface area contributed by atoms with Crippen LogP contribution < -0.4 is 9.47 Å². The van der Waals surface area contributed by atoms with Crippen LogP contribution in [-0.2, 0) is 14.3 Å². The van der Waals surface area contributed by atoms with Crippen molar-refractivity contribution in [2.24, 2.45) is 5.92 Å². The molecule has 0 aliphatic carbocycles. The number of rotatable bonds is 7. The molecule has 6 nitrogen and oxygen atoms in total. The largest absolute Gasteiger partial charge is 0.497 e. The van der Waals surface area contributed by atoms with Crippen molar-refractivity contribution in [1.82, 2.24) is 4.90 Å². The van der Waals surface area contributed by atoms with Crippen LogP contribution in [0.4, 0.5) is 0 Å². The molecule has 1 amide bonds. The van der Waals surface area contributed by atoms with Crippen molar-refractivity contribution >= 4 is 11.9 Å². The van der Waals surface area contributed by atoms with Crippen molar-refractivity contribution in [3.05, 3.63) is 23.8 Å². The monoisotopic (exact) mass is 361 g/mol. The van der Waals surface area contributed by atoms with E-state index in [1.54, 1.807) is 18.9 Å². The normalized spacial score (nSPS) is 23.2. The minimum atomic E-state index is -0.464. The van der Waals surface area contributed by atoms with Crippen molar-refractivity contribution in [3.8, 4) is 11.5 Å². The lowest BCUT2D eigenvalue weighted by molar-refractivity contribution is -0.149. The molecular weight excluding hydrogens is 334 g/mol. The second-order valence-corrected chi connectivity index (χ2v) is 6.79. The van der Waals surface area contributed by atoms with E-state index in [-0.39, 0.29) is 17.9 Å². The van der Waals surface area contributed by atoms with Crippen LogP contribution >= 0.6 is 0 Å². The summed E-state index contributed by atoms with van der Waals surface area (Å²) in [5.74, 6) is 0.684. The number of likely N-dealkylation sites (tertiary alicyclic amines) is 1. The molecule has 2 aliphatic rings. The number of hydrogen-bond acceptors (Lipinski definition) is 5. The smallest absolute Gasteiger partial charge is 0.314 e. The molecule has 0 radical (unpaired) electrons. The number of nitrogens with zero attached hydrogens (tertiary/aromatic N) is 1. The van der Waals surface area contributed by atoms with E-state index in [4.69, 9.17) is 14.2 Å². The van der Waals surface area contributed by atoms with Gasteiger partial charge in [-0.1, -0.05) is 19.8 Å². The molecule has 142 valence electrons. The number of unbranched alkanes of at least 4 members (excludes halogenated alkanes) is 2. The van der Waals surface area contributed by atoms with Crippen molar-refractivity contribution in [1.29, 1.82) is 0 Å². The van der Waals surface area contributed by atoms with E-state index in [0.717, 1.165) is 24.8 Å². The van der Waals surface area contributed by atoms with E-state index >= 15 is 0 Å². The number of amides is 1. The summed E-state index contributed by atoms with van der Waals surface area (Å²) in [6.07, 6.45) is 3.06. The molecule has 0 N–H and O–H groups in total. The maximum atomic E-state index is 12.8. The van der Waals surface area contributed by atoms with Crippen LogP contribution in [0.15, 0.2) is 18.2 Å². The van der Waals surface area contributed by atoms with E-state index in [1.807, 2.05) is 18.2 Å². The van der Waals surface area contributed by atoms with Crippen molar-refractivity contribution < 1.29 is 23.8 Å². The molecule has 0 saturated carbocycles. The van der Waals surface area contributed by atoms with Gasteiger partial charge in [0.05, 0.1) is 19.8 Å². The molecular formula is C20H27NO5. The molecule has 6 heteroatoms. The Morgan fingerprint density at radius 3 is 2.77 bits per heavy atom. The minimum Gasteiger partial charge on any atom is -0.497 e. The van der Waals surface area contributed by atoms with Crippen LogP contribution in [0.2, 0.25) is 0 Å². The van der Waals surface area contributed by atoms with Gasteiger partial charge in [-0.05, 0) is 25.5 Å². The van der Waals surface area contributed by atoms with Crippen molar-refractivity contribution in [2.45, 2.75) is 51.7 Å². The summed E-state index contributed by atoms with van der Waals surface area (Å²) in [5.41, 5.74) is 0.937. The fourth-order valence-electron chi connectivity index (χ4n) is 3.84. The summed E-state index contributed by atoms with van der Waals surface area (Å²) in [6, 6.07) is 5.37. The van der Waals surface area contributed by atoms with E-state index in [1.165, 1.54) is 0 Å². The van der Waals surface area contributed by atoms with Crippen LogP contribution in [-0.4, -0.2) is 43.1 Å². The van der Waals surface area contributed by atoms with Gasteiger partial charge in [0, 0.05) is 24.6 Å². The number of benzene rings is 1. The summed E-state index contributed by atoms with van der Waals surface area (Å²) in [5, 5.41) is 0. The molecule has 0 bridgehead atoms. The fraction of sp³-hybridized carbons (Fsp3) is 0.600. The first kappa shape index (κ1) is 18.5. The second-order valence-electron chi connectivity index (χ2n) is 6.79. The van der Waals surface area contributed by atoms with Crippen LogP contribution in [0.25, 0.3) is 0 Å². The van der Waals surface area contributed by atoms with Gasteiger partial charge in [-0.25, -0.2) is 0 Å². The molecule has 26 heavy (non-hydrogen) atoms. The number of carbonyl (C=O) groups is 2. The lowest BCUT2D eigenvalue weighted by Crippen LogP contribution is -2.32. The zero-order valence-corrected chi connectivity index (χ0v) is 15.7. The first-order chi connectivity index (χ1) is 12.6. The van der Waals surface area contributed by atoms with Gasteiger partial charge in [-0.15, -0.1) is 0 Å². The summed E-state index contributed by atoms with van der Waals surface area (Å²) < 4.78 is 16.6. The standard InChI is InChI=1S/C20H27NO5/c1-4-6-7-8-17(22)21-12-15(20(23)25-5-2)19-18(21)14-10-9-13(24-3)11-16(14)26-19/h9-11,15,18-19H,4-8,12H2,1-3H3/t15-,18+,19+/m1/s1. The van der Waals surface area contributed by atoms with E-state index in [0.29, 0.717) is 31.1 Å². The van der Waals surface area contributed by atoms with Gasteiger partial charge in [0.1, 0.15) is 23.5 Å². The molecule has 3 atom stereocenters. The highest BCUT2D eigenvalue weighted by Crippen LogP contribution is 2.49.